The zero-order chi connectivity index (χ0) is 17.8. The van der Waals surface area contributed by atoms with E-state index in [9.17, 15) is 9.18 Å². The van der Waals surface area contributed by atoms with E-state index in [2.05, 4.69) is 15.5 Å². The van der Waals surface area contributed by atoms with Crippen molar-refractivity contribution < 1.29 is 13.7 Å². The fourth-order valence-electron chi connectivity index (χ4n) is 2.61. The first-order chi connectivity index (χ1) is 12.1. The van der Waals surface area contributed by atoms with Gasteiger partial charge in [0.25, 0.3) is 11.6 Å². The van der Waals surface area contributed by atoms with Gasteiger partial charge in [0.05, 0.1) is 22.3 Å². The van der Waals surface area contributed by atoms with Crippen LogP contribution >= 0.6 is 12.4 Å². The second-order valence-corrected chi connectivity index (χ2v) is 5.76. The lowest BCUT2D eigenvalue weighted by molar-refractivity contribution is 0.0954. The van der Waals surface area contributed by atoms with Gasteiger partial charge < -0.3 is 15.6 Å². The second-order valence-electron chi connectivity index (χ2n) is 5.76. The second kappa shape index (κ2) is 8.73. The van der Waals surface area contributed by atoms with Crippen LogP contribution < -0.4 is 11.1 Å². The Morgan fingerprint density at radius 3 is 2.69 bits per heavy atom. The molecule has 3 aromatic rings. The number of nitrogens with zero attached hydrogens (tertiary/aromatic N) is 2. The zero-order valence-electron chi connectivity index (χ0n) is 14.3. The molecule has 26 heavy (non-hydrogen) atoms. The number of pyridine rings is 1. The summed E-state index contributed by atoms with van der Waals surface area (Å²) in [6, 6.07) is 7.59. The monoisotopic (exact) mass is 378 g/mol. The van der Waals surface area contributed by atoms with E-state index in [0.29, 0.717) is 41.0 Å². The van der Waals surface area contributed by atoms with Crippen molar-refractivity contribution in [2.75, 3.05) is 13.1 Å². The molecule has 0 spiro atoms. The third kappa shape index (κ3) is 4.17. The number of nitrogens with two attached hydrogens (primary N) is 1. The van der Waals surface area contributed by atoms with Crippen LogP contribution in [-0.4, -0.2) is 29.1 Å². The average Bonchev–Trinajstić information content (AvgIpc) is 2.99. The number of unbranched alkanes of at least 4 members (excludes halogenated alkanes) is 1. The van der Waals surface area contributed by atoms with E-state index >= 15 is 0 Å². The average molecular weight is 379 g/mol. The molecule has 3 N–H and O–H groups in total. The first-order valence-corrected chi connectivity index (χ1v) is 8.11. The van der Waals surface area contributed by atoms with Crippen LogP contribution in [0.2, 0.25) is 0 Å². The molecule has 0 bridgehead atoms. The van der Waals surface area contributed by atoms with Crippen LogP contribution in [0.5, 0.6) is 0 Å². The molecule has 0 saturated heterocycles. The van der Waals surface area contributed by atoms with E-state index in [1.54, 1.807) is 25.1 Å². The van der Waals surface area contributed by atoms with Gasteiger partial charge in [-0.1, -0.05) is 5.16 Å². The maximum absolute atomic E-state index is 13.1. The maximum atomic E-state index is 13.1. The SMILES string of the molecule is Cc1noc2nc(-c3ccc(F)cc3)cc(C(=O)NCCCCN)c12.Cl. The highest BCUT2D eigenvalue weighted by atomic mass is 35.5. The minimum atomic E-state index is -0.335. The number of rotatable bonds is 6. The fourth-order valence-corrected chi connectivity index (χ4v) is 2.61. The standard InChI is InChI=1S/C18H19FN4O2.ClH/c1-11-16-14(17(24)21-9-3-2-8-20)10-15(22-18(16)25-23-11)12-4-6-13(19)7-5-12;/h4-7,10H,2-3,8-9,20H2,1H3,(H,21,24);1H. The van der Waals surface area contributed by atoms with Gasteiger partial charge in [0.2, 0.25) is 0 Å². The maximum Gasteiger partial charge on any atom is 0.259 e. The summed E-state index contributed by atoms with van der Waals surface area (Å²) in [5, 5.41) is 7.37. The van der Waals surface area contributed by atoms with Crippen LogP contribution in [0.25, 0.3) is 22.4 Å². The summed E-state index contributed by atoms with van der Waals surface area (Å²) in [6.45, 7) is 2.89. The Kier molecular flexibility index (Phi) is 6.65. The van der Waals surface area contributed by atoms with Gasteiger partial charge in [0, 0.05) is 12.1 Å². The lowest BCUT2D eigenvalue weighted by atomic mass is 10.0. The van der Waals surface area contributed by atoms with E-state index in [4.69, 9.17) is 10.3 Å². The van der Waals surface area contributed by atoms with Gasteiger partial charge in [-0.3, -0.25) is 4.79 Å². The molecule has 8 heteroatoms. The molecule has 1 amide bonds. The van der Waals surface area contributed by atoms with Gasteiger partial charge in [-0.25, -0.2) is 9.37 Å². The third-order valence-corrected chi connectivity index (χ3v) is 3.92. The van der Waals surface area contributed by atoms with E-state index in [0.717, 1.165) is 12.8 Å². The Hall–Kier alpha value is -2.51. The molecule has 0 radical (unpaired) electrons. The molecule has 3 rings (SSSR count). The van der Waals surface area contributed by atoms with Gasteiger partial charge in [-0.2, -0.15) is 0 Å². The minimum Gasteiger partial charge on any atom is -0.352 e. The molecule has 0 aliphatic heterocycles. The molecule has 2 aromatic heterocycles. The summed E-state index contributed by atoms with van der Waals surface area (Å²) in [4.78, 5) is 17.0. The molecule has 1 aromatic carbocycles. The van der Waals surface area contributed by atoms with E-state index < -0.39 is 0 Å². The molecule has 0 saturated carbocycles. The molecular weight excluding hydrogens is 359 g/mol. The number of amides is 1. The van der Waals surface area contributed by atoms with Crippen LogP contribution in [-0.2, 0) is 0 Å². The number of carbonyl (C=O) groups excluding carboxylic acids is 1. The highest BCUT2D eigenvalue weighted by Crippen LogP contribution is 2.27. The van der Waals surface area contributed by atoms with Crippen LogP contribution in [0, 0.1) is 12.7 Å². The predicted octanol–water partition coefficient (Wildman–Crippen LogP) is 3.23. The summed E-state index contributed by atoms with van der Waals surface area (Å²) >= 11 is 0. The molecule has 0 fully saturated rings. The number of aromatic nitrogens is 2. The van der Waals surface area contributed by atoms with Crippen LogP contribution in [0.4, 0.5) is 4.39 Å². The number of carbonyl (C=O) groups is 1. The first kappa shape index (κ1) is 19.8. The van der Waals surface area contributed by atoms with Crippen molar-refractivity contribution in [3.63, 3.8) is 0 Å². The molecular formula is C18H20ClFN4O2. The molecule has 0 unspecified atom stereocenters. The predicted molar refractivity (Wildman–Crippen MR) is 99.8 cm³/mol. The van der Waals surface area contributed by atoms with E-state index in [1.807, 2.05) is 0 Å². The number of halogens is 2. The van der Waals surface area contributed by atoms with E-state index in [1.165, 1.54) is 12.1 Å². The lowest BCUT2D eigenvalue weighted by Gasteiger charge is -2.08. The van der Waals surface area contributed by atoms with Crippen molar-refractivity contribution >= 4 is 29.4 Å². The smallest absolute Gasteiger partial charge is 0.259 e. The highest BCUT2D eigenvalue weighted by Gasteiger charge is 2.19. The summed E-state index contributed by atoms with van der Waals surface area (Å²) in [5.74, 6) is -0.558. The zero-order valence-corrected chi connectivity index (χ0v) is 15.1. The molecule has 0 aliphatic rings. The van der Waals surface area contributed by atoms with Gasteiger partial charge in [-0.15, -0.1) is 12.4 Å². The number of fused-ring (bicyclic) bond motifs is 1. The number of nitrogens with one attached hydrogen (secondary N) is 1. The minimum absolute atomic E-state index is 0. The van der Waals surface area contributed by atoms with Crippen molar-refractivity contribution in [3.05, 3.63) is 47.4 Å². The number of hydrogen-bond acceptors (Lipinski definition) is 5. The van der Waals surface area contributed by atoms with Gasteiger partial charge in [0.1, 0.15) is 5.82 Å². The largest absolute Gasteiger partial charge is 0.352 e. The van der Waals surface area contributed by atoms with Crippen molar-refractivity contribution in [2.24, 2.45) is 5.73 Å². The lowest BCUT2D eigenvalue weighted by Crippen LogP contribution is -2.25. The molecule has 2 heterocycles. The number of benzene rings is 1. The topological polar surface area (TPSA) is 94.0 Å². The molecule has 0 aliphatic carbocycles. The van der Waals surface area contributed by atoms with Crippen molar-refractivity contribution in [1.82, 2.24) is 15.5 Å². The number of hydrogen-bond donors (Lipinski definition) is 2. The van der Waals surface area contributed by atoms with Gasteiger partial charge in [0.15, 0.2) is 0 Å². The molecule has 138 valence electrons. The Bertz CT molecular complexity index is 896. The molecule has 0 atom stereocenters. The summed E-state index contributed by atoms with van der Waals surface area (Å²) in [6.07, 6.45) is 1.66. The Balaban J connectivity index is 0.00000243. The quantitative estimate of drug-likeness (QED) is 0.642. The van der Waals surface area contributed by atoms with Crippen LogP contribution in [0.15, 0.2) is 34.9 Å². The van der Waals surface area contributed by atoms with Gasteiger partial charge >= 0.3 is 0 Å². The molecule has 6 nitrogen and oxygen atoms in total. The van der Waals surface area contributed by atoms with Crippen molar-refractivity contribution in [2.45, 2.75) is 19.8 Å². The summed E-state index contributed by atoms with van der Waals surface area (Å²) in [7, 11) is 0. The third-order valence-electron chi connectivity index (χ3n) is 3.92. The Labute approximate surface area is 156 Å². The van der Waals surface area contributed by atoms with Crippen LogP contribution in [0.1, 0.15) is 28.9 Å². The Morgan fingerprint density at radius 2 is 2.00 bits per heavy atom. The van der Waals surface area contributed by atoms with Gasteiger partial charge in [-0.05, 0) is 56.6 Å². The highest BCUT2D eigenvalue weighted by molar-refractivity contribution is 6.06. The van der Waals surface area contributed by atoms with Crippen molar-refractivity contribution in [1.29, 1.82) is 0 Å². The Morgan fingerprint density at radius 1 is 1.27 bits per heavy atom. The summed E-state index contributed by atoms with van der Waals surface area (Å²) in [5.41, 5.74) is 8.00. The summed E-state index contributed by atoms with van der Waals surface area (Å²) < 4.78 is 18.4. The van der Waals surface area contributed by atoms with E-state index in [-0.39, 0.29) is 29.8 Å². The first-order valence-electron chi connectivity index (χ1n) is 8.11. The normalized spacial score (nSPS) is 10.6. The van der Waals surface area contributed by atoms with Crippen LogP contribution in [0.3, 0.4) is 0 Å². The fraction of sp³-hybridized carbons (Fsp3) is 0.278. The number of aryl methyl sites for hydroxylation is 1. The van der Waals surface area contributed by atoms with Crippen molar-refractivity contribution in [3.8, 4) is 11.3 Å².